The van der Waals surface area contributed by atoms with Crippen LogP contribution >= 0.6 is 22.9 Å². The van der Waals surface area contributed by atoms with Crippen LogP contribution in [0.1, 0.15) is 20.8 Å². The van der Waals surface area contributed by atoms with Crippen LogP contribution in [0.5, 0.6) is 0 Å². The molecular formula is C13H11ClN2O3S. The molecule has 0 saturated carbocycles. The first kappa shape index (κ1) is 14.5. The molecule has 0 atom stereocenters. The standard InChI is InChI=1S/C13H11ClN2O3S/c1-8-4-5-20-12(8)7-15-13(17)9-2-3-10(14)11(6-9)16(18)19/h2-6H,7H2,1H3,(H,15,17). The van der Waals surface area contributed by atoms with Crippen molar-refractivity contribution >= 4 is 34.5 Å². The molecule has 2 aromatic rings. The van der Waals surface area contributed by atoms with E-state index in [0.29, 0.717) is 6.54 Å². The molecule has 1 aromatic carbocycles. The van der Waals surface area contributed by atoms with E-state index in [2.05, 4.69) is 5.32 Å². The summed E-state index contributed by atoms with van der Waals surface area (Å²) in [7, 11) is 0. The third kappa shape index (κ3) is 3.15. The monoisotopic (exact) mass is 310 g/mol. The average molecular weight is 311 g/mol. The van der Waals surface area contributed by atoms with Crippen LogP contribution in [0.2, 0.25) is 5.02 Å². The topological polar surface area (TPSA) is 72.2 Å². The number of rotatable bonds is 4. The molecule has 0 aliphatic carbocycles. The summed E-state index contributed by atoms with van der Waals surface area (Å²) in [6.07, 6.45) is 0. The zero-order valence-corrected chi connectivity index (χ0v) is 12.1. The van der Waals surface area contributed by atoms with Gasteiger partial charge in [0.1, 0.15) is 5.02 Å². The first-order valence-corrected chi connectivity index (χ1v) is 7.00. The van der Waals surface area contributed by atoms with Crippen LogP contribution < -0.4 is 5.32 Å². The quantitative estimate of drug-likeness (QED) is 0.693. The number of thiophene rings is 1. The Kier molecular flexibility index (Phi) is 4.36. The largest absolute Gasteiger partial charge is 0.347 e. The van der Waals surface area contributed by atoms with E-state index in [1.54, 1.807) is 11.3 Å². The van der Waals surface area contributed by atoms with Gasteiger partial charge in [-0.2, -0.15) is 0 Å². The van der Waals surface area contributed by atoms with Crippen molar-refractivity contribution in [3.63, 3.8) is 0 Å². The molecule has 2 rings (SSSR count). The number of nitrogens with zero attached hydrogens (tertiary/aromatic N) is 1. The van der Waals surface area contributed by atoms with Crippen LogP contribution in [-0.4, -0.2) is 10.8 Å². The van der Waals surface area contributed by atoms with E-state index in [1.165, 1.54) is 18.2 Å². The molecule has 1 N–H and O–H groups in total. The van der Waals surface area contributed by atoms with Gasteiger partial charge in [-0.15, -0.1) is 11.3 Å². The van der Waals surface area contributed by atoms with E-state index in [4.69, 9.17) is 11.6 Å². The highest BCUT2D eigenvalue weighted by Crippen LogP contribution is 2.25. The van der Waals surface area contributed by atoms with E-state index >= 15 is 0 Å². The first-order chi connectivity index (χ1) is 9.49. The van der Waals surface area contributed by atoms with E-state index in [0.717, 1.165) is 10.4 Å². The van der Waals surface area contributed by atoms with Crippen molar-refractivity contribution in [2.75, 3.05) is 0 Å². The molecule has 7 heteroatoms. The lowest BCUT2D eigenvalue weighted by molar-refractivity contribution is -0.384. The maximum Gasteiger partial charge on any atom is 0.288 e. The van der Waals surface area contributed by atoms with Crippen LogP contribution in [-0.2, 0) is 6.54 Å². The van der Waals surface area contributed by atoms with E-state index in [9.17, 15) is 14.9 Å². The number of hydrogen-bond acceptors (Lipinski definition) is 4. The highest BCUT2D eigenvalue weighted by Gasteiger charge is 2.16. The molecule has 1 heterocycles. The van der Waals surface area contributed by atoms with Crippen molar-refractivity contribution in [3.05, 3.63) is 60.8 Å². The summed E-state index contributed by atoms with van der Waals surface area (Å²) in [6.45, 7) is 2.36. The maximum absolute atomic E-state index is 12.0. The summed E-state index contributed by atoms with van der Waals surface area (Å²) in [6, 6.07) is 5.97. The van der Waals surface area contributed by atoms with Gasteiger partial charge >= 0.3 is 0 Å². The fraction of sp³-hybridized carbons (Fsp3) is 0.154. The van der Waals surface area contributed by atoms with Gasteiger partial charge in [-0.25, -0.2) is 0 Å². The summed E-state index contributed by atoms with van der Waals surface area (Å²) in [5, 5.41) is 15.5. The average Bonchev–Trinajstić information content (AvgIpc) is 2.81. The number of carbonyl (C=O) groups excluding carboxylic acids is 1. The van der Waals surface area contributed by atoms with Gasteiger partial charge in [0.2, 0.25) is 0 Å². The molecule has 0 aliphatic heterocycles. The number of hydrogen-bond donors (Lipinski definition) is 1. The van der Waals surface area contributed by atoms with E-state index in [1.807, 2.05) is 18.4 Å². The maximum atomic E-state index is 12.0. The zero-order valence-electron chi connectivity index (χ0n) is 10.6. The first-order valence-electron chi connectivity index (χ1n) is 5.74. The van der Waals surface area contributed by atoms with Crippen LogP contribution in [0.3, 0.4) is 0 Å². The molecule has 5 nitrogen and oxygen atoms in total. The van der Waals surface area contributed by atoms with Crippen molar-refractivity contribution in [3.8, 4) is 0 Å². The lowest BCUT2D eigenvalue weighted by Crippen LogP contribution is -2.22. The van der Waals surface area contributed by atoms with Gasteiger partial charge < -0.3 is 5.32 Å². The van der Waals surface area contributed by atoms with Crippen LogP contribution in [0.25, 0.3) is 0 Å². The Bertz CT molecular complexity index is 669. The Morgan fingerprint density at radius 1 is 1.45 bits per heavy atom. The third-order valence-electron chi connectivity index (χ3n) is 2.78. The van der Waals surface area contributed by atoms with Crippen molar-refractivity contribution in [2.24, 2.45) is 0 Å². The third-order valence-corrected chi connectivity index (χ3v) is 4.13. The predicted molar refractivity (Wildman–Crippen MR) is 78.3 cm³/mol. The van der Waals surface area contributed by atoms with Crippen LogP contribution in [0.15, 0.2) is 29.6 Å². The van der Waals surface area contributed by atoms with Gasteiger partial charge in [0.05, 0.1) is 11.5 Å². The minimum Gasteiger partial charge on any atom is -0.347 e. The summed E-state index contributed by atoms with van der Waals surface area (Å²) in [4.78, 5) is 23.2. The minimum atomic E-state index is -0.609. The molecule has 0 saturated heterocycles. The molecule has 0 aliphatic rings. The highest BCUT2D eigenvalue weighted by molar-refractivity contribution is 7.10. The summed E-state index contributed by atoms with van der Waals surface area (Å²) >= 11 is 7.26. The second kappa shape index (κ2) is 6.02. The van der Waals surface area contributed by atoms with Gasteiger partial charge in [0.25, 0.3) is 11.6 Å². The fourth-order valence-corrected chi connectivity index (χ4v) is 2.67. The van der Waals surface area contributed by atoms with Crippen LogP contribution in [0.4, 0.5) is 5.69 Å². The summed E-state index contributed by atoms with van der Waals surface area (Å²) in [5.74, 6) is -0.363. The Balaban J connectivity index is 2.12. The molecule has 0 unspecified atom stereocenters. The number of nitro benzene ring substituents is 1. The SMILES string of the molecule is Cc1ccsc1CNC(=O)c1ccc(Cl)c([N+](=O)[O-])c1. The smallest absolute Gasteiger partial charge is 0.288 e. The lowest BCUT2D eigenvalue weighted by Gasteiger charge is -2.05. The second-order valence-corrected chi connectivity index (χ2v) is 5.54. The Morgan fingerprint density at radius 2 is 2.20 bits per heavy atom. The van der Waals surface area contributed by atoms with Gasteiger partial charge in [0, 0.05) is 16.5 Å². The molecule has 1 aromatic heterocycles. The molecule has 0 radical (unpaired) electrons. The van der Waals surface area contributed by atoms with Gasteiger partial charge in [-0.05, 0) is 36.1 Å². The number of halogens is 1. The van der Waals surface area contributed by atoms with Crippen molar-refractivity contribution < 1.29 is 9.72 Å². The van der Waals surface area contributed by atoms with Crippen molar-refractivity contribution in [1.29, 1.82) is 0 Å². The fourth-order valence-electron chi connectivity index (χ4n) is 1.64. The summed E-state index contributed by atoms with van der Waals surface area (Å²) < 4.78 is 0. The van der Waals surface area contributed by atoms with Gasteiger partial charge in [0.15, 0.2) is 0 Å². The van der Waals surface area contributed by atoms with E-state index in [-0.39, 0.29) is 22.2 Å². The van der Waals surface area contributed by atoms with Crippen molar-refractivity contribution in [1.82, 2.24) is 5.32 Å². The predicted octanol–water partition coefficient (Wildman–Crippen LogP) is 3.55. The minimum absolute atomic E-state index is 0.0145. The molecule has 1 amide bonds. The summed E-state index contributed by atoms with van der Waals surface area (Å²) in [5.41, 5.74) is 1.05. The van der Waals surface area contributed by atoms with Crippen molar-refractivity contribution in [2.45, 2.75) is 13.5 Å². The number of nitrogens with one attached hydrogen (secondary N) is 1. The number of aryl methyl sites for hydroxylation is 1. The normalized spacial score (nSPS) is 10.3. The molecular weight excluding hydrogens is 300 g/mol. The Hall–Kier alpha value is -1.92. The molecule has 104 valence electrons. The lowest BCUT2D eigenvalue weighted by atomic mass is 10.2. The number of amides is 1. The number of carbonyl (C=O) groups is 1. The second-order valence-electron chi connectivity index (χ2n) is 4.13. The Morgan fingerprint density at radius 3 is 2.80 bits per heavy atom. The number of benzene rings is 1. The zero-order chi connectivity index (χ0) is 14.7. The Labute approximate surface area is 124 Å². The molecule has 0 fully saturated rings. The molecule has 0 spiro atoms. The molecule has 0 bridgehead atoms. The number of nitro groups is 1. The van der Waals surface area contributed by atoms with Gasteiger partial charge in [-0.3, -0.25) is 14.9 Å². The van der Waals surface area contributed by atoms with Gasteiger partial charge in [-0.1, -0.05) is 11.6 Å². The molecule has 20 heavy (non-hydrogen) atoms. The highest BCUT2D eigenvalue weighted by atomic mass is 35.5. The van der Waals surface area contributed by atoms with Crippen LogP contribution in [0, 0.1) is 17.0 Å². The van der Waals surface area contributed by atoms with E-state index < -0.39 is 4.92 Å².